The topological polar surface area (TPSA) is 66.4 Å². The first-order valence-electron chi connectivity index (χ1n) is 17.9. The number of hydrogen-bond donors (Lipinski definition) is 1. The number of hydrogen-bond acceptors (Lipinski definition) is 7. The van der Waals surface area contributed by atoms with Crippen LogP contribution in [0.1, 0.15) is 39.8 Å². The third-order valence-corrected chi connectivity index (χ3v) is 10.8. The molecule has 0 bridgehead atoms. The minimum absolute atomic E-state index is 0. The molecular weight excluding hydrogens is 852 g/mol. The third-order valence-electron chi connectivity index (χ3n) is 9.27. The molecule has 8 heteroatoms. The zero-order valence-electron chi connectivity index (χ0n) is 29.6. The molecule has 0 amide bonds. The van der Waals surface area contributed by atoms with E-state index in [9.17, 15) is 5.11 Å². The zero-order chi connectivity index (χ0) is 35.4. The van der Waals surface area contributed by atoms with Crippen LogP contribution in [-0.2, 0) is 77.8 Å². The summed E-state index contributed by atoms with van der Waals surface area (Å²) in [5.74, 6) is 0. The standard InChI is InChI=1S/C45H44O6S.W/c46-28-38-22-13-23-39(26-38)40-24-25-51-45(27-40)44(50-32-37-20-11-4-12-21-37)43(49-31-36-18-9-3-10-19-36)42(48-30-35-16-7-2-8-17-35)41(52-45)33-47-29-34-14-5-1-6-15-34;/h1-23,41-44,46H,24-25,28-33H2;/q-2;+2/t41-,42-,43+,44-,45+;/m1./s1. The largest absolute Gasteiger partial charge is 2.00 e. The summed E-state index contributed by atoms with van der Waals surface area (Å²) in [5.41, 5.74) is 6.85. The second-order valence-corrected chi connectivity index (χ2v) is 14.5. The molecule has 272 valence electrons. The second-order valence-electron chi connectivity index (χ2n) is 13.0. The average molecular weight is 897 g/mol. The average Bonchev–Trinajstić information content (AvgIpc) is 3.21. The Morgan fingerprint density at radius 2 is 1.17 bits per heavy atom. The fourth-order valence-electron chi connectivity index (χ4n) is 6.66. The molecule has 0 radical (unpaired) electrons. The maximum absolute atomic E-state index is 9.92. The molecule has 1 saturated heterocycles. The number of aliphatic hydroxyl groups excluding tert-OH is 1. The van der Waals surface area contributed by atoms with Crippen molar-refractivity contribution in [3.8, 4) is 0 Å². The Labute approximate surface area is 331 Å². The van der Waals surface area contributed by atoms with E-state index in [1.165, 1.54) is 0 Å². The summed E-state index contributed by atoms with van der Waals surface area (Å²) in [6, 6.07) is 50.0. The zero-order valence-corrected chi connectivity index (χ0v) is 33.3. The molecule has 53 heavy (non-hydrogen) atoms. The van der Waals surface area contributed by atoms with E-state index in [0.717, 1.165) is 39.0 Å². The normalized spacial score (nSPS) is 22.5. The fourth-order valence-corrected chi connectivity index (χ4v) is 8.31. The molecule has 2 aliphatic heterocycles. The molecule has 2 heterocycles. The molecule has 7 rings (SSSR count). The van der Waals surface area contributed by atoms with E-state index in [-0.39, 0.29) is 32.9 Å². The van der Waals surface area contributed by atoms with Gasteiger partial charge in [0, 0.05) is 13.2 Å². The van der Waals surface area contributed by atoms with Gasteiger partial charge in [-0.3, -0.25) is 11.6 Å². The summed E-state index contributed by atoms with van der Waals surface area (Å²) in [7, 11) is 0. The first-order chi connectivity index (χ1) is 25.7. The molecular formula is C45H44O6SW. The van der Waals surface area contributed by atoms with E-state index in [2.05, 4.69) is 60.7 Å². The summed E-state index contributed by atoms with van der Waals surface area (Å²) >= 11 is 1.64. The van der Waals surface area contributed by atoms with Gasteiger partial charge in [-0.25, -0.2) is 12.1 Å². The molecule has 1 N–H and O–H groups in total. The van der Waals surface area contributed by atoms with Gasteiger partial charge in [-0.2, -0.15) is 6.07 Å². The Morgan fingerprint density at radius 3 is 1.74 bits per heavy atom. The van der Waals surface area contributed by atoms with E-state index in [1.807, 2.05) is 91.0 Å². The quantitative estimate of drug-likeness (QED) is 0.106. The fraction of sp³-hybridized carbons (Fsp3) is 0.289. The summed E-state index contributed by atoms with van der Waals surface area (Å²) < 4.78 is 34.2. The molecule has 0 aliphatic carbocycles. The summed E-state index contributed by atoms with van der Waals surface area (Å²) in [6.45, 7) is 2.35. The van der Waals surface area contributed by atoms with Gasteiger partial charge in [0.15, 0.2) is 0 Å². The Bertz CT molecular complexity index is 1840. The summed E-state index contributed by atoms with van der Waals surface area (Å²) in [4.78, 5) is -1.06. The van der Waals surface area contributed by atoms with Crippen LogP contribution in [0.5, 0.6) is 0 Å². The van der Waals surface area contributed by atoms with Gasteiger partial charge in [-0.1, -0.05) is 128 Å². The monoisotopic (exact) mass is 896 g/mol. The van der Waals surface area contributed by atoms with Crippen LogP contribution in [0.2, 0.25) is 0 Å². The maximum atomic E-state index is 9.92. The molecule has 0 unspecified atom stereocenters. The van der Waals surface area contributed by atoms with Crippen LogP contribution < -0.4 is 0 Å². The van der Waals surface area contributed by atoms with Gasteiger partial charge >= 0.3 is 21.1 Å². The van der Waals surface area contributed by atoms with E-state index < -0.39 is 23.2 Å². The Balaban J connectivity index is 0.00000481. The molecule has 5 aromatic carbocycles. The van der Waals surface area contributed by atoms with Crippen LogP contribution in [0, 0.1) is 12.1 Å². The molecule has 6 nitrogen and oxygen atoms in total. The minimum Gasteiger partial charge on any atom is -0.393 e. The van der Waals surface area contributed by atoms with Crippen molar-refractivity contribution in [2.24, 2.45) is 0 Å². The van der Waals surface area contributed by atoms with Crippen molar-refractivity contribution in [1.29, 1.82) is 0 Å². The second kappa shape index (κ2) is 19.8. The molecule has 5 atom stereocenters. The van der Waals surface area contributed by atoms with Gasteiger partial charge in [0.05, 0.1) is 43.2 Å². The van der Waals surface area contributed by atoms with Gasteiger partial charge < -0.3 is 34.4 Å². The van der Waals surface area contributed by atoms with Crippen LogP contribution >= 0.6 is 11.8 Å². The van der Waals surface area contributed by atoms with Crippen molar-refractivity contribution < 1.29 is 49.9 Å². The van der Waals surface area contributed by atoms with Crippen LogP contribution in [0.3, 0.4) is 0 Å². The van der Waals surface area contributed by atoms with Crippen molar-refractivity contribution in [2.75, 3.05) is 13.2 Å². The molecule has 0 saturated carbocycles. The van der Waals surface area contributed by atoms with Gasteiger partial charge in [0.2, 0.25) is 0 Å². The van der Waals surface area contributed by atoms with Crippen molar-refractivity contribution in [2.45, 2.75) is 68.0 Å². The Hall–Kier alpha value is -3.36. The molecule has 5 aromatic rings. The van der Waals surface area contributed by atoms with Gasteiger partial charge in [0.25, 0.3) is 0 Å². The molecule has 1 fully saturated rings. The number of rotatable bonds is 15. The molecule has 0 aromatic heterocycles. The predicted molar refractivity (Wildman–Crippen MR) is 204 cm³/mol. The number of aliphatic hydroxyl groups is 1. The molecule has 1 spiro atoms. The number of thioether (sulfide) groups is 1. The predicted octanol–water partition coefficient (Wildman–Crippen LogP) is 8.37. The summed E-state index contributed by atoms with van der Waals surface area (Å²) in [5, 5.41) is 9.71. The summed E-state index contributed by atoms with van der Waals surface area (Å²) in [6.07, 6.45) is 2.88. The van der Waals surface area contributed by atoms with E-state index in [4.69, 9.17) is 23.7 Å². The van der Waals surface area contributed by atoms with Crippen molar-refractivity contribution >= 4 is 17.3 Å². The van der Waals surface area contributed by atoms with E-state index in [0.29, 0.717) is 46.1 Å². The molecule has 2 aliphatic rings. The number of benzene rings is 5. The van der Waals surface area contributed by atoms with Gasteiger partial charge in [-0.15, -0.1) is 23.4 Å². The van der Waals surface area contributed by atoms with E-state index >= 15 is 0 Å². The Morgan fingerprint density at radius 1 is 0.642 bits per heavy atom. The Kier molecular flexibility index (Phi) is 14.7. The van der Waals surface area contributed by atoms with Crippen molar-refractivity contribution in [3.05, 3.63) is 185 Å². The minimum atomic E-state index is -1.06. The first kappa shape index (κ1) is 39.3. The first-order valence-corrected chi connectivity index (χ1v) is 18.7. The van der Waals surface area contributed by atoms with Crippen molar-refractivity contribution in [1.82, 2.24) is 0 Å². The smallest absolute Gasteiger partial charge is 0.393 e. The maximum Gasteiger partial charge on any atom is 2.00 e. The SMILES string of the molecule is OCc1[c-]c(C2=[C-][C@]3(OCC2)S[C@H](COCc2ccccc2)[C@@H](OCc2ccccc2)[C@H](OCc2ccccc2)[C@H]3OCc2ccccc2)ccc1.[W+2]. The van der Waals surface area contributed by atoms with Crippen LogP contribution in [-0.4, -0.2) is 46.8 Å². The number of ether oxygens (including phenoxy) is 5. The van der Waals surface area contributed by atoms with Crippen LogP contribution in [0.4, 0.5) is 0 Å². The van der Waals surface area contributed by atoms with Crippen molar-refractivity contribution in [3.63, 3.8) is 0 Å². The van der Waals surface area contributed by atoms with Gasteiger partial charge in [0.1, 0.15) is 18.3 Å². The van der Waals surface area contributed by atoms with Crippen LogP contribution in [0.15, 0.2) is 140 Å². The van der Waals surface area contributed by atoms with E-state index in [1.54, 1.807) is 11.8 Å². The third kappa shape index (κ3) is 10.4. The van der Waals surface area contributed by atoms with Gasteiger partial charge in [-0.05, 0) is 22.3 Å². The van der Waals surface area contributed by atoms with Crippen LogP contribution in [0.25, 0.3) is 5.57 Å².